The van der Waals surface area contributed by atoms with Crippen molar-refractivity contribution >= 4 is 5.95 Å². The summed E-state index contributed by atoms with van der Waals surface area (Å²) in [6.45, 7) is 3.24. The Morgan fingerprint density at radius 1 is 1.21 bits per heavy atom. The van der Waals surface area contributed by atoms with Gasteiger partial charge in [0.15, 0.2) is 0 Å². The van der Waals surface area contributed by atoms with Gasteiger partial charge < -0.3 is 15.8 Å². The van der Waals surface area contributed by atoms with E-state index >= 15 is 0 Å². The molecule has 1 aromatic heterocycles. The minimum Gasteiger partial charge on any atom is -0.496 e. The number of hydrogen-bond donors (Lipinski definition) is 2. The van der Waals surface area contributed by atoms with Crippen molar-refractivity contribution in [3.8, 4) is 16.9 Å². The summed E-state index contributed by atoms with van der Waals surface area (Å²) in [6.07, 6.45) is 3.60. The zero-order chi connectivity index (χ0) is 13.7. The molecule has 1 aromatic carbocycles. The van der Waals surface area contributed by atoms with Crippen molar-refractivity contribution in [1.29, 1.82) is 0 Å². The van der Waals surface area contributed by atoms with E-state index in [1.807, 2.05) is 19.1 Å². The SMILES string of the molecule is COc1ccc(-c2cnc(NCCN)nc2)cc1C. The summed E-state index contributed by atoms with van der Waals surface area (Å²) in [5.74, 6) is 1.48. The lowest BCUT2D eigenvalue weighted by molar-refractivity contribution is 0.412. The Kier molecular flexibility index (Phi) is 4.30. The third-order valence-electron chi connectivity index (χ3n) is 2.81. The largest absolute Gasteiger partial charge is 0.496 e. The number of benzene rings is 1. The lowest BCUT2D eigenvalue weighted by Gasteiger charge is -2.08. The first-order valence-corrected chi connectivity index (χ1v) is 6.15. The van der Waals surface area contributed by atoms with Crippen LogP contribution in [0.2, 0.25) is 0 Å². The summed E-state index contributed by atoms with van der Waals surface area (Å²) < 4.78 is 5.25. The van der Waals surface area contributed by atoms with Crippen LogP contribution in [0.25, 0.3) is 11.1 Å². The van der Waals surface area contributed by atoms with Crippen molar-refractivity contribution in [2.24, 2.45) is 5.73 Å². The highest BCUT2D eigenvalue weighted by atomic mass is 16.5. The molecule has 0 fully saturated rings. The molecule has 2 aromatic rings. The highest BCUT2D eigenvalue weighted by molar-refractivity contribution is 5.64. The van der Waals surface area contributed by atoms with E-state index in [2.05, 4.69) is 21.4 Å². The van der Waals surface area contributed by atoms with Crippen molar-refractivity contribution in [2.75, 3.05) is 25.5 Å². The molecule has 0 aliphatic rings. The van der Waals surface area contributed by atoms with E-state index in [1.54, 1.807) is 19.5 Å². The van der Waals surface area contributed by atoms with Crippen molar-refractivity contribution in [1.82, 2.24) is 9.97 Å². The van der Waals surface area contributed by atoms with Crippen molar-refractivity contribution in [3.05, 3.63) is 36.2 Å². The van der Waals surface area contributed by atoms with Crippen LogP contribution in [-0.2, 0) is 0 Å². The topological polar surface area (TPSA) is 73.1 Å². The highest BCUT2D eigenvalue weighted by Crippen LogP contribution is 2.25. The first kappa shape index (κ1) is 13.3. The number of ether oxygens (including phenoxy) is 1. The summed E-state index contributed by atoms with van der Waals surface area (Å²) >= 11 is 0. The van der Waals surface area contributed by atoms with Gasteiger partial charge in [-0.1, -0.05) is 6.07 Å². The summed E-state index contributed by atoms with van der Waals surface area (Å²) in [6, 6.07) is 6.01. The Bertz CT molecular complexity index is 540. The maximum Gasteiger partial charge on any atom is 0.222 e. The summed E-state index contributed by atoms with van der Waals surface area (Å²) in [7, 11) is 1.67. The number of hydrogen-bond acceptors (Lipinski definition) is 5. The van der Waals surface area contributed by atoms with E-state index in [1.165, 1.54) is 0 Å². The second kappa shape index (κ2) is 6.15. The monoisotopic (exact) mass is 258 g/mol. The number of methoxy groups -OCH3 is 1. The zero-order valence-electron chi connectivity index (χ0n) is 11.2. The average Bonchev–Trinajstić information content (AvgIpc) is 2.45. The van der Waals surface area contributed by atoms with Crippen LogP contribution in [-0.4, -0.2) is 30.2 Å². The number of nitrogens with one attached hydrogen (secondary N) is 1. The Morgan fingerprint density at radius 2 is 1.95 bits per heavy atom. The lowest BCUT2D eigenvalue weighted by Crippen LogP contribution is -2.14. The molecular formula is C14H18N4O. The number of nitrogens with zero attached hydrogens (tertiary/aromatic N) is 2. The molecule has 19 heavy (non-hydrogen) atoms. The van der Waals surface area contributed by atoms with E-state index in [4.69, 9.17) is 10.5 Å². The van der Waals surface area contributed by atoms with E-state index in [9.17, 15) is 0 Å². The number of rotatable bonds is 5. The predicted molar refractivity (Wildman–Crippen MR) is 76.3 cm³/mol. The van der Waals surface area contributed by atoms with Crippen LogP contribution < -0.4 is 15.8 Å². The first-order valence-electron chi connectivity index (χ1n) is 6.15. The normalized spacial score (nSPS) is 10.3. The Balaban J connectivity index is 2.19. The Labute approximate surface area is 112 Å². The smallest absolute Gasteiger partial charge is 0.222 e. The molecule has 100 valence electrons. The quantitative estimate of drug-likeness (QED) is 0.856. The molecular weight excluding hydrogens is 240 g/mol. The van der Waals surface area contributed by atoms with E-state index in [-0.39, 0.29) is 0 Å². The molecule has 0 spiro atoms. The summed E-state index contributed by atoms with van der Waals surface area (Å²) in [4.78, 5) is 8.51. The van der Waals surface area contributed by atoms with E-state index < -0.39 is 0 Å². The second-order valence-electron chi connectivity index (χ2n) is 4.20. The van der Waals surface area contributed by atoms with Gasteiger partial charge in [0.1, 0.15) is 5.75 Å². The van der Waals surface area contributed by atoms with Crippen LogP contribution in [0, 0.1) is 6.92 Å². The molecule has 0 aliphatic carbocycles. The van der Waals surface area contributed by atoms with Gasteiger partial charge >= 0.3 is 0 Å². The third kappa shape index (κ3) is 3.20. The number of anilines is 1. The average molecular weight is 258 g/mol. The molecule has 5 nitrogen and oxygen atoms in total. The Hall–Kier alpha value is -2.14. The standard InChI is InChI=1S/C14H18N4O/c1-10-7-11(3-4-13(10)19-2)12-8-17-14(18-9-12)16-6-5-15/h3-4,7-9H,5-6,15H2,1-2H3,(H,16,17,18). The molecule has 1 heterocycles. The molecule has 0 aliphatic heterocycles. The fraction of sp³-hybridized carbons (Fsp3) is 0.286. The third-order valence-corrected chi connectivity index (χ3v) is 2.81. The van der Waals surface area contributed by atoms with Gasteiger partial charge in [-0.25, -0.2) is 9.97 Å². The van der Waals surface area contributed by atoms with E-state index in [0.717, 1.165) is 22.4 Å². The van der Waals surface area contributed by atoms with Gasteiger partial charge in [-0.3, -0.25) is 0 Å². The van der Waals surface area contributed by atoms with Gasteiger partial charge in [0.25, 0.3) is 0 Å². The molecule has 0 atom stereocenters. The summed E-state index contributed by atoms with van der Waals surface area (Å²) in [5, 5.41) is 3.04. The molecule has 0 radical (unpaired) electrons. The molecule has 0 unspecified atom stereocenters. The van der Waals surface area contributed by atoms with Gasteiger partial charge in [-0.2, -0.15) is 0 Å². The maximum atomic E-state index is 5.41. The molecule has 0 saturated carbocycles. The second-order valence-corrected chi connectivity index (χ2v) is 4.20. The minimum absolute atomic E-state index is 0.558. The van der Waals surface area contributed by atoms with Crippen molar-refractivity contribution in [2.45, 2.75) is 6.92 Å². The molecule has 3 N–H and O–H groups in total. The number of aromatic nitrogens is 2. The predicted octanol–water partition coefficient (Wildman–Crippen LogP) is 1.83. The van der Waals surface area contributed by atoms with Gasteiger partial charge in [0, 0.05) is 31.0 Å². The molecule has 5 heteroatoms. The zero-order valence-corrected chi connectivity index (χ0v) is 11.2. The highest BCUT2D eigenvalue weighted by Gasteiger charge is 2.03. The molecule has 0 amide bonds. The van der Waals surface area contributed by atoms with Crippen LogP contribution in [0.3, 0.4) is 0 Å². The van der Waals surface area contributed by atoms with Gasteiger partial charge in [0.2, 0.25) is 5.95 Å². The van der Waals surface area contributed by atoms with E-state index in [0.29, 0.717) is 19.0 Å². The molecule has 0 bridgehead atoms. The minimum atomic E-state index is 0.558. The molecule has 2 rings (SSSR count). The van der Waals surface area contributed by atoms with Gasteiger partial charge in [0.05, 0.1) is 7.11 Å². The van der Waals surface area contributed by atoms with Crippen LogP contribution in [0.4, 0.5) is 5.95 Å². The number of aryl methyl sites for hydroxylation is 1. The summed E-state index contributed by atoms with van der Waals surface area (Å²) in [5.41, 5.74) is 8.55. The number of nitrogens with two attached hydrogens (primary N) is 1. The van der Waals surface area contributed by atoms with Crippen molar-refractivity contribution in [3.63, 3.8) is 0 Å². The lowest BCUT2D eigenvalue weighted by atomic mass is 10.1. The van der Waals surface area contributed by atoms with Crippen LogP contribution in [0.1, 0.15) is 5.56 Å². The van der Waals surface area contributed by atoms with Gasteiger partial charge in [-0.15, -0.1) is 0 Å². The van der Waals surface area contributed by atoms with Gasteiger partial charge in [-0.05, 0) is 30.2 Å². The first-order chi connectivity index (χ1) is 9.24. The van der Waals surface area contributed by atoms with Crippen LogP contribution in [0.5, 0.6) is 5.75 Å². The maximum absolute atomic E-state index is 5.41. The van der Waals surface area contributed by atoms with Crippen LogP contribution in [0.15, 0.2) is 30.6 Å². The Morgan fingerprint density at radius 3 is 2.53 bits per heavy atom. The van der Waals surface area contributed by atoms with Crippen LogP contribution >= 0.6 is 0 Å². The fourth-order valence-electron chi connectivity index (χ4n) is 1.81. The molecule has 0 saturated heterocycles. The fourth-order valence-corrected chi connectivity index (χ4v) is 1.81. The van der Waals surface area contributed by atoms with Crippen molar-refractivity contribution < 1.29 is 4.74 Å².